The number of hydrogen-bond donors (Lipinski definition) is 0. The van der Waals surface area contributed by atoms with Gasteiger partial charge in [-0.15, -0.1) is 0 Å². The Hall–Kier alpha value is -0.0800. The second-order valence-electron chi connectivity index (χ2n) is 4.42. The quantitative estimate of drug-likeness (QED) is 0.624. The minimum atomic E-state index is -0.182. The predicted octanol–water partition coefficient (Wildman–Crippen LogP) is 2.86. The molecule has 0 saturated carbocycles. The first-order valence-corrected chi connectivity index (χ1v) is 5.60. The summed E-state index contributed by atoms with van der Waals surface area (Å²) in [5.74, 6) is -0.182. The van der Waals surface area contributed by atoms with Gasteiger partial charge in [-0.3, -0.25) is 0 Å². The maximum Gasteiger partial charge on any atom is 0.169 e. The summed E-state index contributed by atoms with van der Waals surface area (Å²) in [5, 5.41) is 0. The van der Waals surface area contributed by atoms with E-state index in [1.165, 1.54) is 19.3 Å². The summed E-state index contributed by atoms with van der Waals surface area (Å²) in [7, 11) is 0. The largest absolute Gasteiger partial charge is 0.347 e. The topological polar surface area (TPSA) is 18.5 Å². The van der Waals surface area contributed by atoms with Gasteiger partial charge in [0.05, 0.1) is 12.2 Å². The maximum absolute atomic E-state index is 5.99. The average molecular weight is 184 g/mol. The van der Waals surface area contributed by atoms with Crippen molar-refractivity contribution >= 4 is 0 Å². The first kappa shape index (κ1) is 9.47. The van der Waals surface area contributed by atoms with E-state index in [0.29, 0.717) is 12.2 Å². The minimum absolute atomic E-state index is 0.182. The fourth-order valence-corrected chi connectivity index (χ4v) is 2.50. The van der Waals surface area contributed by atoms with Crippen LogP contribution in [0.5, 0.6) is 0 Å². The van der Waals surface area contributed by atoms with Crippen molar-refractivity contribution in [3.63, 3.8) is 0 Å². The van der Waals surface area contributed by atoms with Crippen molar-refractivity contribution in [1.82, 2.24) is 0 Å². The highest BCUT2D eigenvalue weighted by atomic mass is 16.7. The molecule has 0 bridgehead atoms. The summed E-state index contributed by atoms with van der Waals surface area (Å²) in [4.78, 5) is 0. The van der Waals surface area contributed by atoms with Crippen molar-refractivity contribution in [3.05, 3.63) is 0 Å². The fourth-order valence-electron chi connectivity index (χ4n) is 2.50. The molecule has 2 rings (SSSR count). The Morgan fingerprint density at radius 1 is 1.23 bits per heavy atom. The van der Waals surface area contributed by atoms with Crippen LogP contribution in [0.4, 0.5) is 0 Å². The first-order chi connectivity index (χ1) is 6.24. The molecule has 76 valence electrons. The lowest BCUT2D eigenvalue weighted by molar-refractivity contribution is -0.266. The zero-order valence-electron chi connectivity index (χ0n) is 8.71. The minimum Gasteiger partial charge on any atom is -0.347 e. The van der Waals surface area contributed by atoms with Crippen molar-refractivity contribution in [3.8, 4) is 0 Å². The number of ether oxygens (including phenoxy) is 2. The van der Waals surface area contributed by atoms with Gasteiger partial charge in [0, 0.05) is 12.8 Å². The van der Waals surface area contributed by atoms with Crippen LogP contribution < -0.4 is 0 Å². The van der Waals surface area contributed by atoms with E-state index in [1.54, 1.807) is 0 Å². The van der Waals surface area contributed by atoms with Gasteiger partial charge in [-0.1, -0.05) is 6.92 Å². The lowest BCUT2D eigenvalue weighted by Crippen LogP contribution is -2.39. The Labute approximate surface area is 80.6 Å². The summed E-state index contributed by atoms with van der Waals surface area (Å²) in [5.41, 5.74) is 0. The molecule has 0 N–H and O–H groups in total. The molecule has 2 heteroatoms. The molecule has 2 fully saturated rings. The van der Waals surface area contributed by atoms with Gasteiger partial charge in [0.25, 0.3) is 0 Å². The molecule has 0 amide bonds. The number of rotatable bonds is 1. The van der Waals surface area contributed by atoms with E-state index in [4.69, 9.17) is 9.47 Å². The second kappa shape index (κ2) is 3.58. The molecule has 0 aromatic rings. The Morgan fingerprint density at radius 2 is 2.08 bits per heavy atom. The van der Waals surface area contributed by atoms with Crippen LogP contribution in [0.2, 0.25) is 0 Å². The van der Waals surface area contributed by atoms with Gasteiger partial charge in [-0.2, -0.15) is 0 Å². The van der Waals surface area contributed by atoms with Crippen molar-refractivity contribution in [2.24, 2.45) is 0 Å². The lowest BCUT2D eigenvalue weighted by Gasteiger charge is -2.37. The highest BCUT2D eigenvalue weighted by molar-refractivity contribution is 4.84. The molecule has 2 nitrogen and oxygen atoms in total. The van der Waals surface area contributed by atoms with Crippen LogP contribution in [0.15, 0.2) is 0 Å². The van der Waals surface area contributed by atoms with Crippen molar-refractivity contribution in [2.45, 2.75) is 70.4 Å². The summed E-state index contributed by atoms with van der Waals surface area (Å²) < 4.78 is 11.9. The van der Waals surface area contributed by atoms with Crippen LogP contribution >= 0.6 is 0 Å². The first-order valence-electron chi connectivity index (χ1n) is 5.60. The maximum atomic E-state index is 5.99. The third-order valence-electron chi connectivity index (χ3n) is 3.27. The van der Waals surface area contributed by atoms with Crippen LogP contribution in [0, 0.1) is 0 Å². The molecule has 2 heterocycles. The van der Waals surface area contributed by atoms with E-state index >= 15 is 0 Å². The van der Waals surface area contributed by atoms with Gasteiger partial charge in [0.1, 0.15) is 0 Å². The SMILES string of the molecule is CC[C@@H]1CC[C@@]2(CCC[C@H](C)O2)O1. The Bertz CT molecular complexity index is 181. The van der Waals surface area contributed by atoms with E-state index in [-0.39, 0.29) is 5.79 Å². The van der Waals surface area contributed by atoms with Crippen LogP contribution in [0.25, 0.3) is 0 Å². The Kier molecular flexibility index (Phi) is 2.61. The zero-order valence-corrected chi connectivity index (χ0v) is 8.71. The lowest BCUT2D eigenvalue weighted by atomic mass is 9.99. The second-order valence-corrected chi connectivity index (χ2v) is 4.42. The molecule has 13 heavy (non-hydrogen) atoms. The molecule has 0 aliphatic carbocycles. The highest BCUT2D eigenvalue weighted by Crippen LogP contribution is 2.40. The molecule has 3 atom stereocenters. The van der Waals surface area contributed by atoms with E-state index in [1.807, 2.05) is 0 Å². The Morgan fingerprint density at radius 3 is 2.69 bits per heavy atom. The molecule has 0 radical (unpaired) electrons. The molecular weight excluding hydrogens is 164 g/mol. The number of hydrogen-bond acceptors (Lipinski definition) is 2. The van der Waals surface area contributed by atoms with E-state index in [0.717, 1.165) is 19.3 Å². The van der Waals surface area contributed by atoms with Gasteiger partial charge in [-0.05, 0) is 32.6 Å². The molecule has 2 aliphatic heterocycles. The van der Waals surface area contributed by atoms with E-state index < -0.39 is 0 Å². The monoisotopic (exact) mass is 184 g/mol. The molecule has 0 aromatic heterocycles. The standard InChI is InChI=1S/C11H20O2/c1-3-10-6-8-11(13-10)7-4-5-9(2)12-11/h9-10H,3-8H2,1-2H3/t9-,10+,11+/m0/s1. The van der Waals surface area contributed by atoms with Crippen LogP contribution in [-0.4, -0.2) is 18.0 Å². The zero-order chi connectivity index (χ0) is 9.31. The van der Waals surface area contributed by atoms with E-state index in [2.05, 4.69) is 13.8 Å². The molecule has 0 aromatic carbocycles. The van der Waals surface area contributed by atoms with Gasteiger partial charge >= 0.3 is 0 Å². The molecular formula is C11H20O2. The predicted molar refractivity (Wildman–Crippen MR) is 51.5 cm³/mol. The van der Waals surface area contributed by atoms with Crippen molar-refractivity contribution < 1.29 is 9.47 Å². The summed E-state index contributed by atoms with van der Waals surface area (Å²) in [6, 6.07) is 0. The van der Waals surface area contributed by atoms with Gasteiger partial charge in [0.2, 0.25) is 0 Å². The van der Waals surface area contributed by atoms with Crippen LogP contribution in [0.1, 0.15) is 52.4 Å². The normalized spacial score (nSPS) is 45.7. The van der Waals surface area contributed by atoms with Crippen LogP contribution in [0.3, 0.4) is 0 Å². The van der Waals surface area contributed by atoms with Crippen molar-refractivity contribution in [1.29, 1.82) is 0 Å². The summed E-state index contributed by atoms with van der Waals surface area (Å²) >= 11 is 0. The van der Waals surface area contributed by atoms with Crippen LogP contribution in [-0.2, 0) is 9.47 Å². The van der Waals surface area contributed by atoms with E-state index in [9.17, 15) is 0 Å². The molecule has 1 spiro atoms. The average Bonchev–Trinajstić information content (AvgIpc) is 2.48. The van der Waals surface area contributed by atoms with Gasteiger partial charge in [0.15, 0.2) is 5.79 Å². The Balaban J connectivity index is 1.97. The van der Waals surface area contributed by atoms with Crippen molar-refractivity contribution in [2.75, 3.05) is 0 Å². The molecule has 0 unspecified atom stereocenters. The third-order valence-corrected chi connectivity index (χ3v) is 3.27. The molecule has 2 aliphatic rings. The summed E-state index contributed by atoms with van der Waals surface area (Å²) in [6.45, 7) is 4.35. The fraction of sp³-hybridized carbons (Fsp3) is 1.00. The smallest absolute Gasteiger partial charge is 0.169 e. The van der Waals surface area contributed by atoms with Gasteiger partial charge < -0.3 is 9.47 Å². The highest BCUT2D eigenvalue weighted by Gasteiger charge is 2.43. The van der Waals surface area contributed by atoms with Gasteiger partial charge in [-0.25, -0.2) is 0 Å². The molecule has 2 saturated heterocycles. The third kappa shape index (κ3) is 1.89. The summed E-state index contributed by atoms with van der Waals surface area (Å²) in [6.07, 6.45) is 7.82.